The van der Waals surface area contributed by atoms with Crippen LogP contribution in [0.4, 0.5) is 10.1 Å². The van der Waals surface area contributed by atoms with Crippen molar-refractivity contribution in [2.24, 2.45) is 0 Å². The van der Waals surface area contributed by atoms with Gasteiger partial charge in [-0.3, -0.25) is 4.79 Å². The molecular weight excluding hydrogens is 389 g/mol. The van der Waals surface area contributed by atoms with Crippen LogP contribution >= 0.6 is 27.5 Å². The molecule has 0 radical (unpaired) electrons. The first-order chi connectivity index (χ1) is 10.9. The average Bonchev–Trinajstić information content (AvgIpc) is 2.46. The summed E-state index contributed by atoms with van der Waals surface area (Å²) in [5, 5.41) is 3.07. The van der Waals surface area contributed by atoms with Crippen LogP contribution in [0.25, 0.3) is 0 Å². The number of nitrogens with one attached hydrogen (secondary N) is 1. The van der Waals surface area contributed by atoms with Crippen molar-refractivity contribution >= 4 is 45.1 Å². The van der Waals surface area contributed by atoms with Gasteiger partial charge in [0.05, 0.1) is 5.56 Å². The zero-order valence-corrected chi connectivity index (χ0v) is 14.3. The molecule has 0 spiro atoms. The van der Waals surface area contributed by atoms with E-state index in [4.69, 9.17) is 16.3 Å². The summed E-state index contributed by atoms with van der Waals surface area (Å²) < 4.78 is 18.4. The third-order valence-corrected chi connectivity index (χ3v) is 3.79. The van der Waals surface area contributed by atoms with Crippen molar-refractivity contribution in [3.63, 3.8) is 0 Å². The molecular formula is C16H12BrClFNO3. The number of anilines is 1. The maximum atomic E-state index is 13.0. The van der Waals surface area contributed by atoms with E-state index in [0.29, 0.717) is 10.7 Å². The lowest BCUT2D eigenvalue weighted by molar-refractivity contribution is -0.123. The van der Waals surface area contributed by atoms with Gasteiger partial charge in [0.25, 0.3) is 5.91 Å². The number of ether oxygens (including phenoxy) is 1. The minimum absolute atomic E-state index is 0.133. The summed E-state index contributed by atoms with van der Waals surface area (Å²) in [7, 11) is 0. The zero-order valence-electron chi connectivity index (χ0n) is 12.0. The van der Waals surface area contributed by atoms with E-state index in [9.17, 15) is 14.0 Å². The minimum atomic E-state index is -1.03. The maximum Gasteiger partial charge on any atom is 0.340 e. The molecule has 1 unspecified atom stereocenters. The summed E-state index contributed by atoms with van der Waals surface area (Å²) in [5.41, 5.74) is 0.627. The summed E-state index contributed by atoms with van der Waals surface area (Å²) in [5.74, 6) is -1.72. The van der Waals surface area contributed by atoms with Gasteiger partial charge in [0.1, 0.15) is 5.82 Å². The number of benzene rings is 2. The molecule has 0 heterocycles. The van der Waals surface area contributed by atoms with Crippen LogP contribution in [0, 0.1) is 5.82 Å². The van der Waals surface area contributed by atoms with Gasteiger partial charge < -0.3 is 10.1 Å². The minimum Gasteiger partial charge on any atom is -0.449 e. The molecule has 2 aromatic rings. The predicted octanol–water partition coefficient (Wildman–Crippen LogP) is 4.43. The third-order valence-electron chi connectivity index (χ3n) is 2.90. The number of hydrogen-bond donors (Lipinski definition) is 1. The van der Waals surface area contributed by atoms with Gasteiger partial charge in [-0.2, -0.15) is 0 Å². The second-order valence-electron chi connectivity index (χ2n) is 4.67. The van der Waals surface area contributed by atoms with Crippen molar-refractivity contribution in [2.45, 2.75) is 13.0 Å². The molecule has 4 nitrogen and oxygen atoms in total. The Morgan fingerprint density at radius 3 is 2.65 bits per heavy atom. The second kappa shape index (κ2) is 7.57. The number of halogens is 3. The van der Waals surface area contributed by atoms with Crippen molar-refractivity contribution in [1.82, 2.24) is 0 Å². The van der Waals surface area contributed by atoms with Gasteiger partial charge in [-0.25, -0.2) is 9.18 Å². The van der Waals surface area contributed by atoms with Crippen molar-refractivity contribution in [3.05, 3.63) is 63.3 Å². The molecule has 23 heavy (non-hydrogen) atoms. The highest BCUT2D eigenvalue weighted by molar-refractivity contribution is 9.10. The molecule has 1 amide bonds. The monoisotopic (exact) mass is 399 g/mol. The zero-order chi connectivity index (χ0) is 17.0. The van der Waals surface area contributed by atoms with Crippen molar-refractivity contribution < 1.29 is 18.7 Å². The largest absolute Gasteiger partial charge is 0.449 e. The molecule has 0 bridgehead atoms. The van der Waals surface area contributed by atoms with Crippen LogP contribution in [-0.2, 0) is 9.53 Å². The summed E-state index contributed by atoms with van der Waals surface area (Å²) >= 11 is 8.91. The van der Waals surface area contributed by atoms with E-state index < -0.39 is 23.8 Å². The van der Waals surface area contributed by atoms with E-state index in [0.717, 1.165) is 12.1 Å². The van der Waals surface area contributed by atoms with Crippen LogP contribution in [0.3, 0.4) is 0 Å². The standard InChI is InChI=1S/C16H12BrClFNO3/c1-9(15(21)20-12-4-2-3-10(18)7-12)23-16(22)13-6-5-11(19)8-14(13)17/h2-9H,1H3,(H,20,21). The summed E-state index contributed by atoms with van der Waals surface area (Å²) in [4.78, 5) is 24.0. The van der Waals surface area contributed by atoms with E-state index in [1.165, 1.54) is 13.0 Å². The van der Waals surface area contributed by atoms with Crippen LogP contribution in [0.5, 0.6) is 0 Å². The van der Waals surface area contributed by atoms with Crippen molar-refractivity contribution in [2.75, 3.05) is 5.32 Å². The Hall–Kier alpha value is -1.92. The van der Waals surface area contributed by atoms with Gasteiger partial charge in [-0.1, -0.05) is 17.7 Å². The molecule has 0 aliphatic carbocycles. The number of carbonyl (C=O) groups excluding carboxylic acids is 2. The molecule has 120 valence electrons. The lowest BCUT2D eigenvalue weighted by atomic mass is 10.2. The smallest absolute Gasteiger partial charge is 0.340 e. The molecule has 7 heteroatoms. The number of amides is 1. The van der Waals surface area contributed by atoms with Crippen molar-refractivity contribution in [3.8, 4) is 0 Å². The van der Waals surface area contributed by atoms with Crippen LogP contribution in [0.15, 0.2) is 46.9 Å². The van der Waals surface area contributed by atoms with Crippen LogP contribution in [-0.4, -0.2) is 18.0 Å². The molecule has 0 saturated heterocycles. The van der Waals surface area contributed by atoms with Crippen molar-refractivity contribution in [1.29, 1.82) is 0 Å². The summed E-state index contributed by atoms with van der Waals surface area (Å²) in [6.45, 7) is 1.44. The fourth-order valence-electron chi connectivity index (χ4n) is 1.74. The van der Waals surface area contributed by atoms with Gasteiger partial charge in [0, 0.05) is 15.2 Å². The molecule has 0 aromatic heterocycles. The topological polar surface area (TPSA) is 55.4 Å². The first-order valence-corrected chi connectivity index (χ1v) is 7.76. The highest BCUT2D eigenvalue weighted by Crippen LogP contribution is 2.20. The highest BCUT2D eigenvalue weighted by Gasteiger charge is 2.20. The van der Waals surface area contributed by atoms with E-state index in [2.05, 4.69) is 21.2 Å². The Bertz CT molecular complexity index is 754. The fraction of sp³-hybridized carbons (Fsp3) is 0.125. The van der Waals surface area contributed by atoms with Crippen LogP contribution < -0.4 is 5.32 Å². The fourth-order valence-corrected chi connectivity index (χ4v) is 2.45. The Morgan fingerprint density at radius 1 is 1.26 bits per heavy atom. The van der Waals surface area contributed by atoms with E-state index in [1.54, 1.807) is 24.3 Å². The molecule has 2 rings (SSSR count). The summed E-state index contributed by atoms with van der Waals surface area (Å²) in [6, 6.07) is 10.2. The predicted molar refractivity (Wildman–Crippen MR) is 89.1 cm³/mol. The van der Waals surface area contributed by atoms with E-state index in [-0.39, 0.29) is 10.0 Å². The van der Waals surface area contributed by atoms with Gasteiger partial charge in [-0.05, 0) is 59.3 Å². The maximum absolute atomic E-state index is 13.0. The average molecular weight is 401 g/mol. The SMILES string of the molecule is CC(OC(=O)c1ccc(F)cc1Br)C(=O)Nc1cccc(Cl)c1. The molecule has 1 N–H and O–H groups in total. The molecule has 0 aliphatic rings. The quantitative estimate of drug-likeness (QED) is 0.773. The van der Waals surface area contributed by atoms with E-state index in [1.807, 2.05) is 0 Å². The Labute approximate surface area is 145 Å². The lowest BCUT2D eigenvalue weighted by Gasteiger charge is -2.14. The third kappa shape index (κ3) is 4.77. The van der Waals surface area contributed by atoms with Gasteiger partial charge in [0.15, 0.2) is 6.10 Å². The molecule has 1 atom stereocenters. The first-order valence-electron chi connectivity index (χ1n) is 6.59. The van der Waals surface area contributed by atoms with Crippen LogP contribution in [0.2, 0.25) is 5.02 Å². The number of esters is 1. The molecule has 0 fully saturated rings. The second-order valence-corrected chi connectivity index (χ2v) is 5.96. The van der Waals surface area contributed by atoms with Gasteiger partial charge in [-0.15, -0.1) is 0 Å². The van der Waals surface area contributed by atoms with Crippen LogP contribution in [0.1, 0.15) is 17.3 Å². The molecule has 0 aliphatic heterocycles. The Morgan fingerprint density at radius 2 is 2.00 bits per heavy atom. The molecule has 0 saturated carbocycles. The number of hydrogen-bond acceptors (Lipinski definition) is 3. The normalized spacial score (nSPS) is 11.7. The Kier molecular flexibility index (Phi) is 5.74. The lowest BCUT2D eigenvalue weighted by Crippen LogP contribution is -2.30. The summed E-state index contributed by atoms with van der Waals surface area (Å²) in [6.07, 6.45) is -1.03. The van der Waals surface area contributed by atoms with Gasteiger partial charge >= 0.3 is 5.97 Å². The van der Waals surface area contributed by atoms with E-state index >= 15 is 0 Å². The van der Waals surface area contributed by atoms with Gasteiger partial charge in [0.2, 0.25) is 0 Å². The number of rotatable bonds is 4. The first kappa shape index (κ1) is 17.4. The molecule has 2 aromatic carbocycles. The Balaban J connectivity index is 2.01. The number of carbonyl (C=O) groups is 2. The highest BCUT2D eigenvalue weighted by atomic mass is 79.9.